The molecule has 0 saturated heterocycles. The number of nitrogens with two attached hydrogens (primary N) is 2. The van der Waals surface area contributed by atoms with Crippen LogP contribution < -0.4 is 11.5 Å². The van der Waals surface area contributed by atoms with E-state index in [0.717, 1.165) is 5.56 Å². The van der Waals surface area contributed by atoms with Gasteiger partial charge in [0, 0.05) is 6.54 Å². The summed E-state index contributed by atoms with van der Waals surface area (Å²) in [6.45, 7) is 0.501. The van der Waals surface area contributed by atoms with E-state index in [4.69, 9.17) is 23.1 Å². The third kappa shape index (κ3) is 1.40. The summed E-state index contributed by atoms with van der Waals surface area (Å²) in [5.74, 6) is 0. The number of anilines is 1. The minimum Gasteiger partial charge on any atom is -0.398 e. The molecule has 0 unspecified atom stereocenters. The Labute approximate surface area is 64.8 Å². The largest absolute Gasteiger partial charge is 0.398 e. The van der Waals surface area contributed by atoms with Crippen LogP contribution in [0.25, 0.3) is 0 Å². The van der Waals surface area contributed by atoms with Crippen molar-refractivity contribution in [3.05, 3.63) is 28.8 Å². The number of hydrogen-bond donors (Lipinski definition) is 2. The maximum absolute atomic E-state index is 5.67. The second kappa shape index (κ2) is 2.90. The van der Waals surface area contributed by atoms with Crippen molar-refractivity contribution in [1.29, 1.82) is 0 Å². The van der Waals surface area contributed by atoms with Crippen molar-refractivity contribution >= 4 is 17.3 Å². The Morgan fingerprint density at radius 1 is 1.40 bits per heavy atom. The molecule has 0 radical (unpaired) electrons. The van der Waals surface area contributed by atoms with Gasteiger partial charge in [0.1, 0.15) is 0 Å². The second-order valence-electron chi connectivity index (χ2n) is 2.06. The van der Waals surface area contributed by atoms with Gasteiger partial charge in [-0.15, -0.1) is 0 Å². The fraction of sp³-hybridized carbons (Fsp3) is 0.143. The normalized spacial score (nSPS) is 9.80. The highest BCUT2D eigenvalue weighted by Gasteiger charge is 1.94. The smallest absolute Gasteiger partial charge is 0.0635 e. The van der Waals surface area contributed by atoms with Crippen LogP contribution in [0.4, 0.5) is 5.69 Å². The SMILES string of the molecule is NCc1ccc(Cl)c(N)c1. The van der Waals surface area contributed by atoms with Crippen molar-refractivity contribution in [1.82, 2.24) is 0 Å². The highest BCUT2D eigenvalue weighted by molar-refractivity contribution is 6.33. The Kier molecular flexibility index (Phi) is 2.14. The Hall–Kier alpha value is -0.730. The lowest BCUT2D eigenvalue weighted by Crippen LogP contribution is -1.97. The summed E-state index contributed by atoms with van der Waals surface area (Å²) in [4.78, 5) is 0. The van der Waals surface area contributed by atoms with Crippen molar-refractivity contribution in [2.45, 2.75) is 6.54 Å². The summed E-state index contributed by atoms with van der Waals surface area (Å²) in [6, 6.07) is 5.39. The van der Waals surface area contributed by atoms with Gasteiger partial charge in [-0.05, 0) is 17.7 Å². The lowest BCUT2D eigenvalue weighted by molar-refractivity contribution is 1.07. The van der Waals surface area contributed by atoms with Gasteiger partial charge in [0.2, 0.25) is 0 Å². The number of benzene rings is 1. The molecule has 1 rings (SSSR count). The molecule has 54 valence electrons. The Balaban J connectivity index is 3.04. The number of rotatable bonds is 1. The minimum absolute atomic E-state index is 0.501. The first-order valence-corrected chi connectivity index (χ1v) is 3.36. The zero-order valence-corrected chi connectivity index (χ0v) is 6.23. The molecular weight excluding hydrogens is 148 g/mol. The Morgan fingerprint density at radius 3 is 2.60 bits per heavy atom. The summed E-state index contributed by atoms with van der Waals surface area (Å²) >= 11 is 5.67. The van der Waals surface area contributed by atoms with Gasteiger partial charge in [-0.1, -0.05) is 17.7 Å². The van der Waals surface area contributed by atoms with E-state index in [-0.39, 0.29) is 0 Å². The zero-order valence-electron chi connectivity index (χ0n) is 5.47. The lowest BCUT2D eigenvalue weighted by Gasteiger charge is -1.99. The summed E-state index contributed by atoms with van der Waals surface area (Å²) in [5.41, 5.74) is 12.5. The summed E-state index contributed by atoms with van der Waals surface area (Å²) in [5, 5.41) is 0.581. The van der Waals surface area contributed by atoms with E-state index in [1.807, 2.05) is 6.07 Å². The molecule has 0 amide bonds. The zero-order chi connectivity index (χ0) is 7.56. The first-order valence-electron chi connectivity index (χ1n) is 2.98. The standard InChI is InChI=1S/C7H9ClN2/c8-6-2-1-5(4-9)3-7(6)10/h1-3H,4,9-10H2. The van der Waals surface area contributed by atoms with Crippen LogP contribution in [-0.4, -0.2) is 0 Å². The molecule has 3 heteroatoms. The van der Waals surface area contributed by atoms with Crippen LogP contribution in [0.2, 0.25) is 5.02 Å². The van der Waals surface area contributed by atoms with Gasteiger partial charge >= 0.3 is 0 Å². The third-order valence-electron chi connectivity index (χ3n) is 1.30. The van der Waals surface area contributed by atoms with E-state index >= 15 is 0 Å². The van der Waals surface area contributed by atoms with Crippen molar-refractivity contribution in [3.63, 3.8) is 0 Å². The molecule has 0 aromatic heterocycles. The molecule has 0 aliphatic carbocycles. The average molecular weight is 157 g/mol. The highest BCUT2D eigenvalue weighted by Crippen LogP contribution is 2.18. The molecule has 1 aromatic rings. The third-order valence-corrected chi connectivity index (χ3v) is 1.64. The van der Waals surface area contributed by atoms with E-state index < -0.39 is 0 Å². The maximum atomic E-state index is 5.67. The second-order valence-corrected chi connectivity index (χ2v) is 2.47. The van der Waals surface area contributed by atoms with E-state index in [1.165, 1.54) is 0 Å². The molecule has 0 atom stereocenters. The molecule has 0 spiro atoms. The fourth-order valence-electron chi connectivity index (χ4n) is 0.720. The number of halogens is 1. The lowest BCUT2D eigenvalue weighted by atomic mass is 10.2. The van der Waals surface area contributed by atoms with Gasteiger partial charge in [0.25, 0.3) is 0 Å². The van der Waals surface area contributed by atoms with Crippen LogP contribution in [0, 0.1) is 0 Å². The van der Waals surface area contributed by atoms with Crippen LogP contribution in [0.1, 0.15) is 5.56 Å². The van der Waals surface area contributed by atoms with Crippen LogP contribution in [0.3, 0.4) is 0 Å². The molecule has 0 saturated carbocycles. The quantitative estimate of drug-likeness (QED) is 0.604. The number of nitrogen functional groups attached to an aromatic ring is 1. The average Bonchev–Trinajstić information content (AvgIpc) is 1.95. The highest BCUT2D eigenvalue weighted by atomic mass is 35.5. The Bertz CT molecular complexity index is 235. The van der Waals surface area contributed by atoms with Gasteiger partial charge in [-0.25, -0.2) is 0 Å². The molecule has 0 bridgehead atoms. The fourth-order valence-corrected chi connectivity index (χ4v) is 0.838. The minimum atomic E-state index is 0.501. The van der Waals surface area contributed by atoms with Crippen LogP contribution in [-0.2, 0) is 6.54 Å². The molecule has 2 nitrogen and oxygen atoms in total. The van der Waals surface area contributed by atoms with Crippen LogP contribution in [0.5, 0.6) is 0 Å². The van der Waals surface area contributed by atoms with Crippen molar-refractivity contribution in [2.75, 3.05) is 5.73 Å². The summed E-state index contributed by atoms with van der Waals surface area (Å²) in [7, 11) is 0. The maximum Gasteiger partial charge on any atom is 0.0635 e. The molecule has 0 heterocycles. The van der Waals surface area contributed by atoms with E-state index in [0.29, 0.717) is 17.3 Å². The summed E-state index contributed by atoms with van der Waals surface area (Å²) < 4.78 is 0. The molecule has 0 aliphatic rings. The first kappa shape index (κ1) is 7.38. The van der Waals surface area contributed by atoms with Gasteiger partial charge in [-0.2, -0.15) is 0 Å². The van der Waals surface area contributed by atoms with Gasteiger partial charge in [0.05, 0.1) is 10.7 Å². The van der Waals surface area contributed by atoms with E-state index in [2.05, 4.69) is 0 Å². The predicted octanol–water partition coefficient (Wildman–Crippen LogP) is 1.38. The van der Waals surface area contributed by atoms with Crippen molar-refractivity contribution in [3.8, 4) is 0 Å². The number of hydrogen-bond acceptors (Lipinski definition) is 2. The molecule has 0 fully saturated rings. The van der Waals surface area contributed by atoms with Crippen molar-refractivity contribution in [2.24, 2.45) is 5.73 Å². The molecule has 1 aromatic carbocycles. The van der Waals surface area contributed by atoms with Gasteiger partial charge < -0.3 is 11.5 Å². The first-order chi connectivity index (χ1) is 4.74. The molecular formula is C7H9ClN2. The van der Waals surface area contributed by atoms with Gasteiger partial charge in [-0.3, -0.25) is 0 Å². The van der Waals surface area contributed by atoms with E-state index in [1.54, 1.807) is 12.1 Å². The monoisotopic (exact) mass is 156 g/mol. The summed E-state index contributed by atoms with van der Waals surface area (Å²) in [6.07, 6.45) is 0. The van der Waals surface area contributed by atoms with E-state index in [9.17, 15) is 0 Å². The van der Waals surface area contributed by atoms with Crippen LogP contribution >= 0.6 is 11.6 Å². The molecule has 10 heavy (non-hydrogen) atoms. The predicted molar refractivity (Wildman–Crippen MR) is 43.8 cm³/mol. The van der Waals surface area contributed by atoms with Crippen LogP contribution in [0.15, 0.2) is 18.2 Å². The topological polar surface area (TPSA) is 52.0 Å². The van der Waals surface area contributed by atoms with Gasteiger partial charge in [0.15, 0.2) is 0 Å². The van der Waals surface area contributed by atoms with Crippen molar-refractivity contribution < 1.29 is 0 Å². The molecule has 4 N–H and O–H groups in total. The molecule has 0 aliphatic heterocycles. The Morgan fingerprint density at radius 2 is 2.10 bits per heavy atom.